The third-order valence-electron chi connectivity index (χ3n) is 3.96. The lowest BCUT2D eigenvalue weighted by Gasteiger charge is -2.45. The molecule has 0 aromatic heterocycles. The number of hydrogen-bond donors (Lipinski definition) is 3. The molecule has 1 aromatic carbocycles. The molecule has 6 heteroatoms. The summed E-state index contributed by atoms with van der Waals surface area (Å²) >= 11 is 0. The van der Waals surface area contributed by atoms with Gasteiger partial charge in [-0.3, -0.25) is 4.79 Å². The van der Waals surface area contributed by atoms with Crippen LogP contribution in [0.25, 0.3) is 0 Å². The Morgan fingerprint density at radius 2 is 2.32 bits per heavy atom. The average Bonchev–Trinajstić information content (AvgIpc) is 2.80. The molecule has 1 aliphatic carbocycles. The number of fused-ring (bicyclic) bond motifs is 1. The number of rotatable bonds is 2. The van der Waals surface area contributed by atoms with E-state index >= 15 is 0 Å². The quantitative estimate of drug-likeness (QED) is 0.722. The number of benzene rings is 1. The summed E-state index contributed by atoms with van der Waals surface area (Å²) in [5, 5.41) is 12.2. The van der Waals surface area contributed by atoms with E-state index in [1.165, 1.54) is 12.1 Å². The zero-order chi connectivity index (χ0) is 13.6. The fourth-order valence-corrected chi connectivity index (χ4v) is 2.89. The van der Waals surface area contributed by atoms with Crippen molar-refractivity contribution in [3.8, 4) is 5.75 Å². The molecular weight excluding hydrogens is 251 g/mol. The minimum absolute atomic E-state index is 0.0899. The summed E-state index contributed by atoms with van der Waals surface area (Å²) < 4.78 is 19.0. The van der Waals surface area contributed by atoms with Crippen LogP contribution in [0.3, 0.4) is 0 Å². The predicted octanol–water partition coefficient (Wildman–Crippen LogP) is 0.376. The number of hydrogen-bond acceptors (Lipinski definition) is 4. The van der Waals surface area contributed by atoms with Gasteiger partial charge in [-0.15, -0.1) is 0 Å². The molecule has 102 valence electrons. The molecular formula is C13H15FN2O3. The van der Waals surface area contributed by atoms with Gasteiger partial charge in [0.2, 0.25) is 0 Å². The molecule has 19 heavy (non-hydrogen) atoms. The highest BCUT2D eigenvalue weighted by Gasteiger charge is 2.52. The molecule has 4 N–H and O–H groups in total. The monoisotopic (exact) mass is 266 g/mol. The smallest absolute Gasteiger partial charge is 0.258 e. The maximum Gasteiger partial charge on any atom is 0.258 e. The van der Waals surface area contributed by atoms with Crippen LogP contribution in [0.15, 0.2) is 18.2 Å². The second-order valence-electron chi connectivity index (χ2n) is 5.00. The number of phenols is 1. The molecule has 4 atom stereocenters. The van der Waals surface area contributed by atoms with Crippen LogP contribution in [-0.2, 0) is 4.74 Å². The second kappa shape index (κ2) is 4.47. The summed E-state index contributed by atoms with van der Waals surface area (Å²) in [6.07, 6.45) is 0.802. The molecule has 1 heterocycles. The van der Waals surface area contributed by atoms with E-state index in [9.17, 15) is 14.3 Å². The molecule has 4 unspecified atom stereocenters. The summed E-state index contributed by atoms with van der Waals surface area (Å²) in [5.74, 6) is -1.53. The van der Waals surface area contributed by atoms with Crippen molar-refractivity contribution in [2.24, 2.45) is 11.7 Å². The first-order valence-corrected chi connectivity index (χ1v) is 6.25. The van der Waals surface area contributed by atoms with Crippen LogP contribution in [0, 0.1) is 11.7 Å². The number of aromatic hydroxyl groups is 1. The van der Waals surface area contributed by atoms with Crippen LogP contribution in [0.2, 0.25) is 0 Å². The number of phenolic OH excluding ortho intramolecular Hbond substituents is 1. The van der Waals surface area contributed by atoms with Gasteiger partial charge in [-0.1, -0.05) is 6.07 Å². The fourth-order valence-electron chi connectivity index (χ4n) is 2.89. The zero-order valence-corrected chi connectivity index (χ0v) is 10.2. The molecule has 1 saturated carbocycles. The number of carbonyl (C=O) groups excluding carboxylic acids is 1. The summed E-state index contributed by atoms with van der Waals surface area (Å²) in [5.41, 5.74) is 5.61. The Balaban J connectivity index is 1.75. The Labute approximate surface area is 109 Å². The Morgan fingerprint density at radius 3 is 3.05 bits per heavy atom. The van der Waals surface area contributed by atoms with Crippen LogP contribution in [0.4, 0.5) is 4.39 Å². The predicted molar refractivity (Wildman–Crippen MR) is 65.1 cm³/mol. The number of halogens is 1. The number of nitrogens with two attached hydrogens (primary N) is 1. The highest BCUT2D eigenvalue weighted by molar-refractivity contribution is 5.97. The van der Waals surface area contributed by atoms with Gasteiger partial charge in [0.15, 0.2) is 0 Å². The normalized spacial score (nSPS) is 32.5. The largest absolute Gasteiger partial charge is 0.507 e. The first kappa shape index (κ1) is 12.4. The number of carbonyl (C=O) groups is 1. The first-order chi connectivity index (χ1) is 9.09. The molecule has 0 bridgehead atoms. The minimum Gasteiger partial charge on any atom is -0.507 e. The molecule has 2 aliphatic rings. The average molecular weight is 266 g/mol. The molecule has 2 fully saturated rings. The Kier molecular flexibility index (Phi) is 2.91. The van der Waals surface area contributed by atoms with Gasteiger partial charge in [-0.2, -0.15) is 0 Å². The van der Waals surface area contributed by atoms with Crippen molar-refractivity contribution in [1.29, 1.82) is 0 Å². The van der Waals surface area contributed by atoms with E-state index in [0.29, 0.717) is 6.61 Å². The second-order valence-corrected chi connectivity index (χ2v) is 5.00. The topological polar surface area (TPSA) is 84.6 Å². The third-order valence-corrected chi connectivity index (χ3v) is 3.96. The van der Waals surface area contributed by atoms with Crippen LogP contribution in [0.5, 0.6) is 5.75 Å². The molecule has 1 aromatic rings. The minimum atomic E-state index is -0.755. The van der Waals surface area contributed by atoms with Crippen LogP contribution >= 0.6 is 0 Å². The van der Waals surface area contributed by atoms with Gasteiger partial charge in [0.05, 0.1) is 12.1 Å². The summed E-state index contributed by atoms with van der Waals surface area (Å²) in [6.45, 7) is 0.639. The molecule has 1 aliphatic heterocycles. The maximum atomic E-state index is 13.6. The first-order valence-electron chi connectivity index (χ1n) is 6.25. The molecule has 1 amide bonds. The summed E-state index contributed by atoms with van der Waals surface area (Å²) in [4.78, 5) is 12.0. The lowest BCUT2D eigenvalue weighted by Crippen LogP contribution is -2.69. The molecule has 3 rings (SSSR count). The number of amides is 1. The Morgan fingerprint density at radius 1 is 1.53 bits per heavy atom. The van der Waals surface area contributed by atoms with Gasteiger partial charge in [-0.05, 0) is 18.6 Å². The maximum absolute atomic E-state index is 13.6. The summed E-state index contributed by atoms with van der Waals surface area (Å²) in [6, 6.07) is 3.24. The van der Waals surface area contributed by atoms with Gasteiger partial charge in [0.1, 0.15) is 17.1 Å². The zero-order valence-electron chi connectivity index (χ0n) is 10.2. The van der Waals surface area contributed by atoms with Gasteiger partial charge in [0, 0.05) is 18.6 Å². The number of nitrogens with one attached hydrogen (secondary N) is 1. The van der Waals surface area contributed by atoms with Crippen molar-refractivity contribution in [1.82, 2.24) is 5.32 Å². The highest BCUT2D eigenvalue weighted by Crippen LogP contribution is 2.38. The van der Waals surface area contributed by atoms with E-state index in [2.05, 4.69) is 5.32 Å². The Bertz CT molecular complexity index is 502. The van der Waals surface area contributed by atoms with Crippen molar-refractivity contribution in [3.63, 3.8) is 0 Å². The van der Waals surface area contributed by atoms with Gasteiger partial charge in [-0.25, -0.2) is 4.39 Å². The van der Waals surface area contributed by atoms with Crippen molar-refractivity contribution >= 4 is 5.91 Å². The van der Waals surface area contributed by atoms with E-state index in [4.69, 9.17) is 10.5 Å². The van der Waals surface area contributed by atoms with Crippen molar-refractivity contribution in [2.45, 2.75) is 24.6 Å². The van der Waals surface area contributed by atoms with Crippen molar-refractivity contribution in [3.05, 3.63) is 29.6 Å². The van der Waals surface area contributed by atoms with Crippen molar-refractivity contribution < 1.29 is 19.0 Å². The third kappa shape index (κ3) is 1.87. The van der Waals surface area contributed by atoms with Crippen LogP contribution in [-0.4, -0.2) is 35.8 Å². The van der Waals surface area contributed by atoms with E-state index < -0.39 is 11.7 Å². The van der Waals surface area contributed by atoms with Gasteiger partial charge < -0.3 is 20.9 Å². The van der Waals surface area contributed by atoms with Crippen molar-refractivity contribution in [2.75, 3.05) is 6.61 Å². The van der Waals surface area contributed by atoms with Crippen LogP contribution in [0.1, 0.15) is 16.8 Å². The molecule has 1 saturated heterocycles. The SMILES string of the molecule is NC1C2CCOC2C1NC(=O)c1c(O)cccc1F. The number of ether oxygens (including phenoxy) is 1. The Hall–Kier alpha value is -1.66. The lowest BCUT2D eigenvalue weighted by atomic mass is 9.72. The van der Waals surface area contributed by atoms with Gasteiger partial charge in [0.25, 0.3) is 5.91 Å². The van der Waals surface area contributed by atoms with E-state index in [0.717, 1.165) is 12.5 Å². The molecule has 5 nitrogen and oxygen atoms in total. The highest BCUT2D eigenvalue weighted by atomic mass is 19.1. The fraction of sp³-hybridized carbons (Fsp3) is 0.462. The lowest BCUT2D eigenvalue weighted by molar-refractivity contribution is -0.0162. The molecule has 0 spiro atoms. The van der Waals surface area contributed by atoms with E-state index in [1.54, 1.807) is 0 Å². The van der Waals surface area contributed by atoms with E-state index in [-0.39, 0.29) is 35.4 Å². The van der Waals surface area contributed by atoms with Gasteiger partial charge >= 0.3 is 0 Å². The molecule has 0 radical (unpaired) electrons. The van der Waals surface area contributed by atoms with Crippen LogP contribution < -0.4 is 11.1 Å². The summed E-state index contributed by atoms with van der Waals surface area (Å²) in [7, 11) is 0. The van der Waals surface area contributed by atoms with E-state index in [1.807, 2.05) is 0 Å². The standard InChI is InChI=1S/C13H15FN2O3/c14-7-2-1-3-8(17)9(7)13(18)16-11-10(15)6-4-5-19-12(6)11/h1-3,6,10-12,17H,4-5,15H2,(H,16,18).